The molecule has 2 aliphatic heterocycles. The van der Waals surface area contributed by atoms with Crippen LogP contribution in [0, 0.1) is 0 Å². The van der Waals surface area contributed by atoms with E-state index in [1.165, 1.54) is 0 Å². The fourth-order valence-corrected chi connectivity index (χ4v) is 3.25. The second kappa shape index (κ2) is 5.92. The average molecular weight is 392 g/mol. The van der Waals surface area contributed by atoms with Gasteiger partial charge in [-0.3, -0.25) is 0 Å². The van der Waals surface area contributed by atoms with Crippen LogP contribution in [0.2, 0.25) is 10.0 Å². The molecule has 3 aromatic rings. The molecule has 7 heteroatoms. The van der Waals surface area contributed by atoms with Crippen molar-refractivity contribution in [2.24, 2.45) is 9.98 Å². The molecule has 3 aromatic carbocycles. The quantitative estimate of drug-likeness (QED) is 0.348. The van der Waals surface area contributed by atoms with Gasteiger partial charge >= 0.3 is 0 Å². The molecule has 0 radical (unpaired) electrons. The first-order valence-electron chi connectivity index (χ1n) is 7.23. The summed E-state index contributed by atoms with van der Waals surface area (Å²) in [5, 5.41) is 2.27. The van der Waals surface area contributed by atoms with Gasteiger partial charge in [0.2, 0.25) is 0 Å². The molecule has 25 heavy (non-hydrogen) atoms. The van der Waals surface area contributed by atoms with Crippen molar-refractivity contribution in [2.45, 2.75) is 0 Å². The van der Waals surface area contributed by atoms with Crippen LogP contribution in [0.5, 0.6) is 23.0 Å². The molecule has 0 saturated heterocycles. The Morgan fingerprint density at radius 3 is 2.20 bits per heavy atom. The van der Waals surface area contributed by atoms with Crippen LogP contribution in [0.3, 0.4) is 0 Å². The number of benzene rings is 3. The summed E-state index contributed by atoms with van der Waals surface area (Å²) in [4.78, 5) is 9.19. The SMILES string of the molecule is Cl.Clc1cc(Cl)c2c(c1)Oc1cc3c(cc1=N2)Oc1ccccc1N=3. The topological polar surface area (TPSA) is 43.2 Å². The number of rotatable bonds is 0. The van der Waals surface area contributed by atoms with Crippen molar-refractivity contribution in [1.29, 1.82) is 0 Å². The highest BCUT2D eigenvalue weighted by Gasteiger charge is 2.20. The third-order valence-electron chi connectivity index (χ3n) is 3.81. The Morgan fingerprint density at radius 2 is 1.40 bits per heavy atom. The van der Waals surface area contributed by atoms with E-state index in [1.807, 2.05) is 30.3 Å². The predicted molar refractivity (Wildman–Crippen MR) is 98.4 cm³/mol. The van der Waals surface area contributed by atoms with Gasteiger partial charge in [-0.1, -0.05) is 35.3 Å². The minimum Gasteiger partial charge on any atom is -0.453 e. The molecule has 0 bridgehead atoms. The third-order valence-corrected chi connectivity index (χ3v) is 4.32. The molecule has 0 N–H and O–H groups in total. The lowest BCUT2D eigenvalue weighted by atomic mass is 10.2. The molecular weight excluding hydrogens is 383 g/mol. The summed E-state index contributed by atoms with van der Waals surface area (Å²) in [6.45, 7) is 0. The van der Waals surface area contributed by atoms with Crippen molar-refractivity contribution in [3.05, 3.63) is 69.3 Å². The van der Waals surface area contributed by atoms with Crippen molar-refractivity contribution in [1.82, 2.24) is 0 Å². The molecule has 5 rings (SSSR count). The number of fused-ring (bicyclic) bond motifs is 4. The molecule has 124 valence electrons. The molecule has 0 spiro atoms. The van der Waals surface area contributed by atoms with Crippen molar-refractivity contribution >= 4 is 47.0 Å². The zero-order valence-corrected chi connectivity index (χ0v) is 14.8. The maximum atomic E-state index is 6.22. The van der Waals surface area contributed by atoms with E-state index in [0.29, 0.717) is 49.4 Å². The van der Waals surface area contributed by atoms with Crippen LogP contribution in [0.4, 0.5) is 11.4 Å². The van der Waals surface area contributed by atoms with E-state index in [1.54, 1.807) is 18.2 Å². The third kappa shape index (κ3) is 2.63. The van der Waals surface area contributed by atoms with Crippen molar-refractivity contribution in [3.63, 3.8) is 0 Å². The van der Waals surface area contributed by atoms with Gasteiger partial charge in [0.25, 0.3) is 0 Å². The maximum Gasteiger partial charge on any atom is 0.156 e. The summed E-state index contributed by atoms with van der Waals surface area (Å²) in [5.41, 5.74) is 1.34. The van der Waals surface area contributed by atoms with Crippen LogP contribution in [0.15, 0.2) is 58.5 Å². The highest BCUT2D eigenvalue weighted by molar-refractivity contribution is 6.36. The summed E-state index contributed by atoms with van der Waals surface area (Å²) in [7, 11) is 0. The van der Waals surface area contributed by atoms with Crippen molar-refractivity contribution in [2.75, 3.05) is 0 Å². The lowest BCUT2D eigenvalue weighted by Crippen LogP contribution is -2.18. The number of halogens is 3. The van der Waals surface area contributed by atoms with E-state index in [0.717, 1.165) is 5.69 Å². The lowest BCUT2D eigenvalue weighted by molar-refractivity contribution is 0.451. The minimum absolute atomic E-state index is 0. The second-order valence-corrected chi connectivity index (χ2v) is 6.26. The Labute approximate surface area is 158 Å². The molecule has 0 fully saturated rings. The molecule has 0 amide bonds. The molecule has 4 nitrogen and oxygen atoms in total. The number of hydrogen-bond donors (Lipinski definition) is 0. The molecule has 0 unspecified atom stereocenters. The minimum atomic E-state index is 0. The van der Waals surface area contributed by atoms with Gasteiger partial charge in [0, 0.05) is 23.2 Å². The normalized spacial score (nSPS) is 12.6. The molecule has 2 aliphatic rings. The summed E-state index contributed by atoms with van der Waals surface area (Å²) in [6.07, 6.45) is 0. The molecule has 0 atom stereocenters. The Bertz CT molecular complexity index is 1150. The first kappa shape index (κ1) is 16.2. The summed E-state index contributed by atoms with van der Waals surface area (Å²) < 4.78 is 11.8. The Hall–Kier alpha value is -2.27. The van der Waals surface area contributed by atoms with E-state index in [2.05, 4.69) is 9.98 Å². The molecule has 0 aliphatic carbocycles. The number of para-hydroxylation sites is 2. The predicted octanol–water partition coefficient (Wildman–Crippen LogP) is 5.53. The van der Waals surface area contributed by atoms with Gasteiger partial charge in [-0.2, -0.15) is 0 Å². The molecule has 0 saturated carbocycles. The van der Waals surface area contributed by atoms with Crippen LogP contribution in [0.1, 0.15) is 0 Å². The zero-order chi connectivity index (χ0) is 16.3. The fraction of sp³-hybridized carbons (Fsp3) is 0. The summed E-state index contributed by atoms with van der Waals surface area (Å²) in [5.74, 6) is 2.46. The monoisotopic (exact) mass is 390 g/mol. The smallest absolute Gasteiger partial charge is 0.156 e. The van der Waals surface area contributed by atoms with E-state index < -0.39 is 0 Å². The highest BCUT2D eigenvalue weighted by atomic mass is 35.5. The summed E-state index contributed by atoms with van der Waals surface area (Å²) in [6, 6.07) is 14.5. The van der Waals surface area contributed by atoms with Gasteiger partial charge in [-0.05, 0) is 18.2 Å². The first-order valence-corrected chi connectivity index (χ1v) is 7.98. The molecule has 2 heterocycles. The van der Waals surface area contributed by atoms with Gasteiger partial charge in [0.15, 0.2) is 23.0 Å². The summed E-state index contributed by atoms with van der Waals surface area (Å²) >= 11 is 12.3. The Kier molecular flexibility index (Phi) is 3.84. The van der Waals surface area contributed by atoms with Crippen LogP contribution in [0.25, 0.3) is 0 Å². The maximum absolute atomic E-state index is 6.22. The van der Waals surface area contributed by atoms with Gasteiger partial charge in [0.05, 0.1) is 5.02 Å². The van der Waals surface area contributed by atoms with Gasteiger partial charge < -0.3 is 9.47 Å². The highest BCUT2D eigenvalue weighted by Crippen LogP contribution is 2.42. The van der Waals surface area contributed by atoms with Crippen LogP contribution in [-0.2, 0) is 0 Å². The molecule has 0 aromatic heterocycles. The number of nitrogens with zero attached hydrogens (tertiary/aromatic N) is 2. The average Bonchev–Trinajstić information content (AvgIpc) is 2.56. The Morgan fingerprint density at radius 1 is 0.720 bits per heavy atom. The standard InChI is InChI=1S/C18H8Cl2N2O2.ClH/c19-9-5-10(20)18-17(6-9)24-16-7-12-15(8-13(16)22-18)23-14-4-2-1-3-11(14)21-12;/h1-8H;1H. The van der Waals surface area contributed by atoms with Gasteiger partial charge in [0.1, 0.15) is 22.1 Å². The lowest BCUT2D eigenvalue weighted by Gasteiger charge is -2.18. The number of ether oxygens (including phenoxy) is 2. The van der Waals surface area contributed by atoms with Crippen molar-refractivity contribution in [3.8, 4) is 23.0 Å². The van der Waals surface area contributed by atoms with Crippen LogP contribution in [-0.4, -0.2) is 0 Å². The molecular formula is C18H9Cl3N2O2. The number of hydrogen-bond acceptors (Lipinski definition) is 4. The van der Waals surface area contributed by atoms with E-state index in [9.17, 15) is 0 Å². The van der Waals surface area contributed by atoms with E-state index >= 15 is 0 Å². The fourth-order valence-electron chi connectivity index (χ4n) is 2.73. The van der Waals surface area contributed by atoms with E-state index in [-0.39, 0.29) is 12.4 Å². The first-order chi connectivity index (χ1) is 11.7. The van der Waals surface area contributed by atoms with Crippen LogP contribution >= 0.6 is 35.6 Å². The second-order valence-electron chi connectivity index (χ2n) is 5.42. The zero-order valence-electron chi connectivity index (χ0n) is 12.5. The van der Waals surface area contributed by atoms with Crippen molar-refractivity contribution < 1.29 is 9.47 Å². The Balaban J connectivity index is 0.00000157. The largest absolute Gasteiger partial charge is 0.453 e. The van der Waals surface area contributed by atoms with Gasteiger partial charge in [-0.15, -0.1) is 12.4 Å². The van der Waals surface area contributed by atoms with E-state index in [4.69, 9.17) is 32.7 Å². The van der Waals surface area contributed by atoms with Crippen LogP contribution < -0.4 is 20.2 Å². The van der Waals surface area contributed by atoms with Gasteiger partial charge in [-0.25, -0.2) is 9.98 Å².